The molecule has 18 heavy (non-hydrogen) atoms. The number of carbonyl (C=O) groups excluding carboxylic acids is 1. The summed E-state index contributed by atoms with van der Waals surface area (Å²) >= 11 is 2.30. The molecule has 1 fully saturated rings. The first-order valence-corrected chi connectivity index (χ1v) is 7.79. The summed E-state index contributed by atoms with van der Waals surface area (Å²) in [5.74, 6) is 0.768. The molecule has 0 unspecified atom stereocenters. The van der Waals surface area contributed by atoms with E-state index in [1.54, 1.807) is 0 Å². The smallest absolute Gasteiger partial charge is 0.224 e. The molecule has 1 N–H and O–H groups in total. The Kier molecular flexibility index (Phi) is 5.03. The lowest BCUT2D eigenvalue weighted by Gasteiger charge is -2.20. The Balaban J connectivity index is 1.88. The number of nitrogens with one attached hydrogen (secondary N) is 1. The summed E-state index contributed by atoms with van der Waals surface area (Å²) < 4.78 is 1.20. The molecule has 2 nitrogen and oxygen atoms in total. The summed E-state index contributed by atoms with van der Waals surface area (Å²) in [7, 11) is 0. The third-order valence-electron chi connectivity index (χ3n) is 3.65. The van der Waals surface area contributed by atoms with Crippen molar-refractivity contribution < 1.29 is 4.79 Å². The summed E-state index contributed by atoms with van der Waals surface area (Å²) in [6, 6.07) is 6.07. The van der Waals surface area contributed by atoms with Crippen LogP contribution in [-0.4, -0.2) is 5.91 Å². The van der Waals surface area contributed by atoms with Crippen LogP contribution in [0.4, 0.5) is 5.69 Å². The second kappa shape index (κ2) is 6.55. The maximum Gasteiger partial charge on any atom is 0.224 e. The van der Waals surface area contributed by atoms with Crippen LogP contribution in [0.5, 0.6) is 0 Å². The zero-order chi connectivity index (χ0) is 13.0. The van der Waals surface area contributed by atoms with Crippen LogP contribution in [-0.2, 0) is 4.79 Å². The molecule has 1 aromatic carbocycles. The Morgan fingerprint density at radius 1 is 1.33 bits per heavy atom. The molecule has 0 radical (unpaired) electrons. The van der Waals surface area contributed by atoms with Crippen molar-refractivity contribution in [3.8, 4) is 0 Å². The van der Waals surface area contributed by atoms with Gasteiger partial charge in [0.1, 0.15) is 0 Å². The van der Waals surface area contributed by atoms with Gasteiger partial charge in [-0.3, -0.25) is 4.79 Å². The lowest BCUT2D eigenvalue weighted by atomic mass is 9.87. The van der Waals surface area contributed by atoms with Gasteiger partial charge in [0.15, 0.2) is 0 Å². The minimum Gasteiger partial charge on any atom is -0.326 e. The number of anilines is 1. The fraction of sp³-hybridized carbons (Fsp3) is 0.533. The fourth-order valence-corrected chi connectivity index (χ4v) is 3.05. The monoisotopic (exact) mass is 357 g/mol. The van der Waals surface area contributed by atoms with Crippen LogP contribution in [0, 0.1) is 16.4 Å². The summed E-state index contributed by atoms with van der Waals surface area (Å²) in [4.78, 5) is 12.0. The van der Waals surface area contributed by atoms with E-state index in [0.29, 0.717) is 12.3 Å². The molecule has 0 spiro atoms. The van der Waals surface area contributed by atoms with Gasteiger partial charge in [0.2, 0.25) is 5.91 Å². The Hall–Kier alpha value is -0.580. The molecule has 98 valence electrons. The first-order valence-electron chi connectivity index (χ1n) is 6.71. The standard InChI is InChI=1S/C15H20INO/c1-11-7-8-13(10-14(11)16)17-15(18)9-12-5-3-2-4-6-12/h7-8,10,12H,2-6,9H2,1H3,(H,17,18). The van der Waals surface area contributed by atoms with Crippen LogP contribution in [0.3, 0.4) is 0 Å². The summed E-state index contributed by atoms with van der Waals surface area (Å²) in [5.41, 5.74) is 2.17. The van der Waals surface area contributed by atoms with E-state index in [-0.39, 0.29) is 5.91 Å². The average Bonchev–Trinajstić information content (AvgIpc) is 2.35. The van der Waals surface area contributed by atoms with E-state index in [1.807, 2.05) is 12.1 Å². The molecule has 0 heterocycles. The molecule has 1 saturated carbocycles. The lowest BCUT2D eigenvalue weighted by molar-refractivity contribution is -0.117. The predicted molar refractivity (Wildman–Crippen MR) is 83.7 cm³/mol. The molecule has 1 aliphatic carbocycles. The van der Waals surface area contributed by atoms with Gasteiger partial charge in [-0.25, -0.2) is 0 Å². The third kappa shape index (κ3) is 3.97. The fourth-order valence-electron chi connectivity index (χ4n) is 2.54. The van der Waals surface area contributed by atoms with Crippen LogP contribution in [0.25, 0.3) is 0 Å². The molecule has 0 aromatic heterocycles. The van der Waals surface area contributed by atoms with Crippen LogP contribution in [0.15, 0.2) is 18.2 Å². The maximum atomic E-state index is 12.0. The number of rotatable bonds is 3. The van der Waals surface area contributed by atoms with Crippen molar-refractivity contribution in [2.75, 3.05) is 5.32 Å². The molecule has 0 bridgehead atoms. The number of benzene rings is 1. The minimum absolute atomic E-state index is 0.168. The highest BCUT2D eigenvalue weighted by atomic mass is 127. The van der Waals surface area contributed by atoms with E-state index in [1.165, 1.54) is 41.2 Å². The Bertz CT molecular complexity index is 425. The molecule has 1 aliphatic rings. The first-order chi connectivity index (χ1) is 8.65. The second-order valence-corrected chi connectivity index (χ2v) is 6.38. The van der Waals surface area contributed by atoms with Crippen molar-refractivity contribution in [3.63, 3.8) is 0 Å². The SMILES string of the molecule is Cc1ccc(NC(=O)CC2CCCCC2)cc1I. The minimum atomic E-state index is 0.168. The summed E-state index contributed by atoms with van der Waals surface area (Å²) in [5, 5.41) is 3.01. The van der Waals surface area contributed by atoms with Crippen molar-refractivity contribution >= 4 is 34.2 Å². The summed E-state index contributed by atoms with van der Waals surface area (Å²) in [6.45, 7) is 2.08. The van der Waals surface area contributed by atoms with Crippen molar-refractivity contribution in [1.82, 2.24) is 0 Å². The van der Waals surface area contributed by atoms with Crippen molar-refractivity contribution in [2.24, 2.45) is 5.92 Å². The molecule has 0 aliphatic heterocycles. The topological polar surface area (TPSA) is 29.1 Å². The van der Waals surface area contributed by atoms with E-state index >= 15 is 0 Å². The average molecular weight is 357 g/mol. The van der Waals surface area contributed by atoms with Crippen LogP contribution >= 0.6 is 22.6 Å². The summed E-state index contributed by atoms with van der Waals surface area (Å²) in [6.07, 6.45) is 7.05. The lowest BCUT2D eigenvalue weighted by Crippen LogP contribution is -2.18. The number of hydrogen-bond donors (Lipinski definition) is 1. The second-order valence-electron chi connectivity index (χ2n) is 5.22. The van der Waals surface area contributed by atoms with E-state index in [2.05, 4.69) is 40.9 Å². The van der Waals surface area contributed by atoms with Crippen LogP contribution in [0.1, 0.15) is 44.1 Å². The zero-order valence-electron chi connectivity index (χ0n) is 10.8. The van der Waals surface area contributed by atoms with Gasteiger partial charge in [0.05, 0.1) is 0 Å². The predicted octanol–water partition coefficient (Wildman–Crippen LogP) is 4.51. The van der Waals surface area contributed by atoms with Gasteiger partial charge in [0.25, 0.3) is 0 Å². The number of halogens is 1. The van der Waals surface area contributed by atoms with Crippen molar-refractivity contribution in [2.45, 2.75) is 45.4 Å². The number of amides is 1. The Morgan fingerprint density at radius 3 is 2.72 bits per heavy atom. The van der Waals surface area contributed by atoms with Crippen molar-refractivity contribution in [1.29, 1.82) is 0 Å². The van der Waals surface area contributed by atoms with E-state index in [0.717, 1.165) is 5.69 Å². The van der Waals surface area contributed by atoms with E-state index in [9.17, 15) is 4.79 Å². The molecular formula is C15H20INO. The van der Waals surface area contributed by atoms with E-state index in [4.69, 9.17) is 0 Å². The molecule has 1 aromatic rings. The highest BCUT2D eigenvalue weighted by molar-refractivity contribution is 14.1. The number of carbonyl (C=O) groups is 1. The molecule has 1 amide bonds. The highest BCUT2D eigenvalue weighted by Gasteiger charge is 2.17. The van der Waals surface area contributed by atoms with Gasteiger partial charge in [-0.15, -0.1) is 0 Å². The van der Waals surface area contributed by atoms with Gasteiger partial charge < -0.3 is 5.32 Å². The molecule has 0 atom stereocenters. The molecular weight excluding hydrogens is 337 g/mol. The van der Waals surface area contributed by atoms with Gasteiger partial charge in [-0.1, -0.05) is 25.3 Å². The zero-order valence-corrected chi connectivity index (χ0v) is 13.0. The quantitative estimate of drug-likeness (QED) is 0.793. The number of hydrogen-bond acceptors (Lipinski definition) is 1. The first kappa shape index (κ1) is 13.8. The van der Waals surface area contributed by atoms with Gasteiger partial charge >= 0.3 is 0 Å². The largest absolute Gasteiger partial charge is 0.326 e. The highest BCUT2D eigenvalue weighted by Crippen LogP contribution is 2.26. The molecule has 3 heteroatoms. The van der Waals surface area contributed by atoms with E-state index < -0.39 is 0 Å². The number of aryl methyl sites for hydroxylation is 1. The third-order valence-corrected chi connectivity index (χ3v) is 4.82. The van der Waals surface area contributed by atoms with Crippen LogP contribution in [0.2, 0.25) is 0 Å². The Morgan fingerprint density at radius 2 is 2.06 bits per heavy atom. The maximum absolute atomic E-state index is 12.0. The van der Waals surface area contributed by atoms with Gasteiger partial charge in [-0.2, -0.15) is 0 Å². The van der Waals surface area contributed by atoms with Crippen molar-refractivity contribution in [3.05, 3.63) is 27.3 Å². The molecule has 0 saturated heterocycles. The van der Waals surface area contributed by atoms with Gasteiger partial charge in [-0.05, 0) is 66.0 Å². The van der Waals surface area contributed by atoms with Gasteiger partial charge in [0, 0.05) is 15.7 Å². The Labute approximate surface area is 123 Å². The van der Waals surface area contributed by atoms with Crippen LogP contribution < -0.4 is 5.32 Å². The molecule has 2 rings (SSSR count). The normalized spacial score (nSPS) is 16.6.